The molecule has 0 aliphatic heterocycles. The van der Waals surface area contributed by atoms with Crippen molar-refractivity contribution in [1.82, 2.24) is 0 Å². The van der Waals surface area contributed by atoms with Crippen LogP contribution < -0.4 is 0 Å². The van der Waals surface area contributed by atoms with E-state index < -0.39 is 5.24 Å². The summed E-state index contributed by atoms with van der Waals surface area (Å²) in [6, 6.07) is 0. The van der Waals surface area contributed by atoms with E-state index in [0.29, 0.717) is 13.0 Å². The van der Waals surface area contributed by atoms with Gasteiger partial charge in [-0.05, 0) is 18.0 Å². The van der Waals surface area contributed by atoms with Crippen molar-refractivity contribution in [2.75, 3.05) is 13.2 Å². The summed E-state index contributed by atoms with van der Waals surface area (Å²) in [7, 11) is 0. The molecule has 8 heavy (non-hydrogen) atoms. The molecule has 0 saturated carbocycles. The standard InChI is InChI=1S/C5H8ClO2/c1-2-3-8-4-5(6)7/h1-4H2. The SMILES string of the molecule is [CH2]CCOCC(=O)Cl. The van der Waals surface area contributed by atoms with Crippen LogP contribution in [0.1, 0.15) is 6.42 Å². The molecule has 0 aliphatic carbocycles. The minimum atomic E-state index is -0.460. The maximum absolute atomic E-state index is 9.94. The lowest BCUT2D eigenvalue weighted by atomic mass is 10.5. The molecule has 0 atom stereocenters. The highest BCUT2D eigenvalue weighted by molar-refractivity contribution is 6.63. The van der Waals surface area contributed by atoms with Gasteiger partial charge in [-0.3, -0.25) is 4.79 Å². The van der Waals surface area contributed by atoms with Gasteiger partial charge in [0.2, 0.25) is 5.24 Å². The van der Waals surface area contributed by atoms with Gasteiger partial charge in [-0.15, -0.1) is 0 Å². The van der Waals surface area contributed by atoms with Crippen LogP contribution in [0.15, 0.2) is 0 Å². The number of carbonyl (C=O) groups excluding carboxylic acids is 1. The molecule has 0 amide bonds. The van der Waals surface area contributed by atoms with E-state index in [0.717, 1.165) is 0 Å². The average molecular weight is 136 g/mol. The van der Waals surface area contributed by atoms with Gasteiger partial charge in [0.15, 0.2) is 0 Å². The molecule has 47 valence electrons. The van der Waals surface area contributed by atoms with Crippen LogP contribution in [-0.2, 0) is 9.53 Å². The van der Waals surface area contributed by atoms with Gasteiger partial charge in [0.1, 0.15) is 6.61 Å². The van der Waals surface area contributed by atoms with Gasteiger partial charge in [0, 0.05) is 6.61 Å². The van der Waals surface area contributed by atoms with Crippen molar-refractivity contribution >= 4 is 16.8 Å². The number of hydrogen-bond acceptors (Lipinski definition) is 2. The highest BCUT2D eigenvalue weighted by Crippen LogP contribution is 1.83. The molecule has 0 unspecified atom stereocenters. The van der Waals surface area contributed by atoms with Gasteiger partial charge >= 0.3 is 0 Å². The van der Waals surface area contributed by atoms with Gasteiger partial charge in [-0.1, -0.05) is 6.92 Å². The number of halogens is 1. The molecule has 0 spiro atoms. The van der Waals surface area contributed by atoms with Crippen LogP contribution in [0.3, 0.4) is 0 Å². The Labute approximate surface area is 53.8 Å². The summed E-state index contributed by atoms with van der Waals surface area (Å²) in [5.41, 5.74) is 0. The van der Waals surface area contributed by atoms with E-state index >= 15 is 0 Å². The van der Waals surface area contributed by atoms with Crippen LogP contribution in [0.4, 0.5) is 0 Å². The summed E-state index contributed by atoms with van der Waals surface area (Å²) < 4.78 is 4.70. The summed E-state index contributed by atoms with van der Waals surface area (Å²) >= 11 is 4.93. The van der Waals surface area contributed by atoms with Crippen LogP contribution in [-0.4, -0.2) is 18.5 Å². The first-order valence-corrected chi connectivity index (χ1v) is 2.70. The Balaban J connectivity index is 2.82. The first-order chi connectivity index (χ1) is 3.77. The highest BCUT2D eigenvalue weighted by Gasteiger charge is 1.91. The molecule has 0 heterocycles. The van der Waals surface area contributed by atoms with Crippen molar-refractivity contribution in [1.29, 1.82) is 0 Å². The van der Waals surface area contributed by atoms with E-state index in [1.807, 2.05) is 0 Å². The summed E-state index contributed by atoms with van der Waals surface area (Å²) in [6.07, 6.45) is 0.671. The normalized spacial score (nSPS) is 9.25. The molecular formula is C5H8ClO2. The third kappa shape index (κ3) is 5.92. The maximum Gasteiger partial charge on any atom is 0.247 e. The molecule has 0 saturated heterocycles. The fourth-order valence-electron chi connectivity index (χ4n) is 0.254. The molecule has 0 fully saturated rings. The second-order valence-corrected chi connectivity index (χ2v) is 1.68. The molecule has 0 aromatic heterocycles. The van der Waals surface area contributed by atoms with Crippen molar-refractivity contribution in [2.45, 2.75) is 6.42 Å². The smallest absolute Gasteiger partial charge is 0.247 e. The van der Waals surface area contributed by atoms with Crippen LogP contribution in [0.5, 0.6) is 0 Å². The van der Waals surface area contributed by atoms with E-state index in [1.54, 1.807) is 0 Å². The van der Waals surface area contributed by atoms with Gasteiger partial charge in [0.25, 0.3) is 0 Å². The zero-order valence-electron chi connectivity index (χ0n) is 4.52. The lowest BCUT2D eigenvalue weighted by Gasteiger charge is -1.93. The van der Waals surface area contributed by atoms with Crippen molar-refractivity contribution in [3.8, 4) is 0 Å². The van der Waals surface area contributed by atoms with Gasteiger partial charge < -0.3 is 4.74 Å². The molecule has 2 nitrogen and oxygen atoms in total. The first kappa shape index (κ1) is 7.92. The summed E-state index contributed by atoms with van der Waals surface area (Å²) in [5, 5.41) is -0.460. The summed E-state index contributed by atoms with van der Waals surface area (Å²) in [6.45, 7) is 4.00. The second-order valence-electron chi connectivity index (χ2n) is 1.26. The third-order valence-corrected chi connectivity index (χ3v) is 0.613. The van der Waals surface area contributed by atoms with Crippen molar-refractivity contribution < 1.29 is 9.53 Å². The van der Waals surface area contributed by atoms with Crippen molar-refractivity contribution in [3.05, 3.63) is 6.92 Å². The molecular weight excluding hydrogens is 128 g/mol. The first-order valence-electron chi connectivity index (χ1n) is 2.32. The number of ether oxygens (including phenoxy) is 1. The third-order valence-electron chi connectivity index (χ3n) is 0.504. The van der Waals surface area contributed by atoms with E-state index in [1.165, 1.54) is 0 Å². The largest absolute Gasteiger partial charge is 0.372 e. The summed E-state index contributed by atoms with van der Waals surface area (Å²) in [5.74, 6) is 0. The zero-order valence-corrected chi connectivity index (χ0v) is 5.28. The van der Waals surface area contributed by atoms with Crippen LogP contribution in [0.2, 0.25) is 0 Å². The molecule has 0 N–H and O–H groups in total. The molecule has 0 aromatic carbocycles. The Bertz CT molecular complexity index is 72.8. The predicted octanol–water partition coefficient (Wildman–Crippen LogP) is 0.993. The van der Waals surface area contributed by atoms with Gasteiger partial charge in [-0.2, -0.15) is 0 Å². The quantitative estimate of drug-likeness (QED) is 0.425. The Morgan fingerprint density at radius 3 is 2.75 bits per heavy atom. The topological polar surface area (TPSA) is 26.3 Å². The number of rotatable bonds is 4. The number of carbonyl (C=O) groups is 1. The molecule has 3 heteroatoms. The molecule has 0 bridgehead atoms. The highest BCUT2D eigenvalue weighted by atomic mass is 35.5. The average Bonchev–Trinajstić information content (AvgIpc) is 1.66. The maximum atomic E-state index is 9.94. The fourth-order valence-corrected chi connectivity index (χ4v) is 0.332. The van der Waals surface area contributed by atoms with Gasteiger partial charge in [-0.25, -0.2) is 0 Å². The van der Waals surface area contributed by atoms with E-state index in [2.05, 4.69) is 6.92 Å². The molecule has 0 aliphatic rings. The number of hydrogen-bond donors (Lipinski definition) is 0. The molecule has 1 radical (unpaired) electrons. The predicted molar refractivity (Wildman–Crippen MR) is 31.7 cm³/mol. The zero-order chi connectivity index (χ0) is 6.41. The van der Waals surface area contributed by atoms with Crippen LogP contribution >= 0.6 is 11.6 Å². The van der Waals surface area contributed by atoms with E-state index in [9.17, 15) is 4.79 Å². The van der Waals surface area contributed by atoms with Crippen LogP contribution in [0.25, 0.3) is 0 Å². The monoisotopic (exact) mass is 135 g/mol. The fraction of sp³-hybridized carbons (Fsp3) is 0.600. The van der Waals surface area contributed by atoms with Crippen LogP contribution in [0, 0.1) is 6.92 Å². The lowest BCUT2D eigenvalue weighted by molar-refractivity contribution is -0.115. The Morgan fingerprint density at radius 1 is 1.75 bits per heavy atom. The molecule has 0 aromatic rings. The minimum Gasteiger partial charge on any atom is -0.372 e. The second kappa shape index (κ2) is 5.06. The van der Waals surface area contributed by atoms with Crippen molar-refractivity contribution in [2.24, 2.45) is 0 Å². The van der Waals surface area contributed by atoms with E-state index in [4.69, 9.17) is 16.3 Å². The van der Waals surface area contributed by atoms with Crippen molar-refractivity contribution in [3.63, 3.8) is 0 Å². The van der Waals surface area contributed by atoms with E-state index in [-0.39, 0.29) is 6.61 Å². The Kier molecular flexibility index (Phi) is 5.01. The minimum absolute atomic E-state index is 0.00290. The lowest BCUT2D eigenvalue weighted by Crippen LogP contribution is -2.01. The van der Waals surface area contributed by atoms with Gasteiger partial charge in [0.05, 0.1) is 0 Å². The summed E-state index contributed by atoms with van der Waals surface area (Å²) in [4.78, 5) is 9.94. The Hall–Kier alpha value is -0.0800. The Morgan fingerprint density at radius 2 is 2.38 bits per heavy atom. The molecule has 0 rings (SSSR count).